The smallest absolute Gasteiger partial charge is 0.485 e. The third-order valence-electron chi connectivity index (χ3n) is 5.91. The number of rotatable bonds is 5. The van der Waals surface area contributed by atoms with Crippen molar-refractivity contribution in [3.8, 4) is 0 Å². The Balaban J connectivity index is 0.000000386. The Kier molecular flexibility index (Phi) is 8.61. The monoisotopic (exact) mass is 692 g/mol. The van der Waals surface area contributed by atoms with Crippen molar-refractivity contribution in [1.82, 2.24) is 0 Å². The number of carbonyl (C=O) groups excluding carboxylic acids is 1. The summed E-state index contributed by atoms with van der Waals surface area (Å²) in [7, 11) is -4.43. The van der Waals surface area contributed by atoms with Crippen molar-refractivity contribution in [3.05, 3.63) is 80.7 Å². The normalized spacial score (nSPS) is 17.4. The fraction of sp³-hybridized carbons (Fsp3) is 0.231. The summed E-state index contributed by atoms with van der Waals surface area (Å²) in [6.45, 7) is 6.09. The second kappa shape index (κ2) is 11.4. The number of methoxy groups -OCH3 is 1. The standard InChI is InChI=1S/C25H23N2O2Se2.CHF3O3S/c1-4-26-18-10-6-8-12-20(18)30-22(26)14-16-24(28)17(25(16)29-3)15-23-27(5-2)19-11-7-9-13-21(19)31-23;2-1(3,4)8(5,6)7/h6-15H,4-5H2,1-3H3;(H,5,6,7)/q+1;/p-1. The maximum absolute atomic E-state index is 13.2. The zero-order valence-corrected chi connectivity index (χ0v) is 25.2. The zero-order valence-electron chi connectivity index (χ0n) is 21.0. The molecular weight excluding hydrogens is 667 g/mol. The molecule has 7 nitrogen and oxygen atoms in total. The van der Waals surface area contributed by atoms with Crippen molar-refractivity contribution in [1.29, 1.82) is 0 Å². The van der Waals surface area contributed by atoms with Crippen molar-refractivity contribution in [2.24, 2.45) is 0 Å². The number of fused-ring (bicyclic) bond motifs is 2. The molecule has 0 fully saturated rings. The van der Waals surface area contributed by atoms with Crippen molar-refractivity contribution >= 4 is 71.4 Å². The molecule has 1 aliphatic heterocycles. The minimum atomic E-state index is -6.09. The topological polar surface area (TPSA) is 90.6 Å². The van der Waals surface area contributed by atoms with Crippen LogP contribution in [0.5, 0.6) is 0 Å². The number of alkyl halides is 3. The number of aromatic nitrogens is 1. The first kappa shape index (κ1) is 29.3. The number of carbonyl (C=O) groups is 1. The van der Waals surface area contributed by atoms with Crippen molar-refractivity contribution < 1.29 is 40.2 Å². The van der Waals surface area contributed by atoms with Crippen LogP contribution in [0.25, 0.3) is 15.9 Å². The molecule has 13 heteroatoms. The molecule has 2 aliphatic rings. The van der Waals surface area contributed by atoms with Crippen LogP contribution >= 0.6 is 0 Å². The number of hydrogen-bond acceptors (Lipinski definition) is 6. The van der Waals surface area contributed by atoms with Gasteiger partial charge < -0.3 is 4.55 Å². The van der Waals surface area contributed by atoms with Gasteiger partial charge in [-0.25, -0.2) is 8.42 Å². The number of para-hydroxylation sites is 2. The maximum atomic E-state index is 13.2. The molecule has 0 spiro atoms. The number of hydrogen-bond donors (Lipinski definition) is 0. The van der Waals surface area contributed by atoms with Gasteiger partial charge in [0.1, 0.15) is 0 Å². The van der Waals surface area contributed by atoms with Gasteiger partial charge in [-0.15, -0.1) is 0 Å². The molecule has 0 N–H and O–H groups in total. The van der Waals surface area contributed by atoms with Gasteiger partial charge >= 0.3 is 200 Å². The molecule has 0 amide bonds. The van der Waals surface area contributed by atoms with E-state index in [0.717, 1.165) is 18.8 Å². The molecule has 0 saturated heterocycles. The second-order valence-corrected chi connectivity index (χ2v) is 14.0. The van der Waals surface area contributed by atoms with Gasteiger partial charge in [-0.2, -0.15) is 13.2 Å². The van der Waals surface area contributed by atoms with Gasteiger partial charge in [0.15, 0.2) is 10.1 Å². The van der Waals surface area contributed by atoms with Gasteiger partial charge in [0, 0.05) is 0 Å². The number of benzene rings is 2. The Bertz CT molecular complexity index is 1640. The minimum Gasteiger partial charge on any atom is -0.741 e. The maximum Gasteiger partial charge on any atom is 0.485 e. The summed E-state index contributed by atoms with van der Waals surface area (Å²) in [4.78, 5) is 15.5. The van der Waals surface area contributed by atoms with Crippen LogP contribution in [0.4, 0.5) is 18.9 Å². The summed E-state index contributed by atoms with van der Waals surface area (Å²) < 4.78 is 72.1. The van der Waals surface area contributed by atoms with E-state index >= 15 is 0 Å². The van der Waals surface area contributed by atoms with E-state index in [1.54, 1.807) is 7.11 Å². The summed E-state index contributed by atoms with van der Waals surface area (Å²) in [5.74, 6) is 0.804. The van der Waals surface area contributed by atoms with Gasteiger partial charge in [0.2, 0.25) is 0 Å². The van der Waals surface area contributed by atoms with E-state index in [1.165, 1.54) is 29.1 Å². The van der Waals surface area contributed by atoms with E-state index < -0.39 is 15.6 Å². The summed E-state index contributed by atoms with van der Waals surface area (Å²) in [5, 5.41) is 0. The van der Waals surface area contributed by atoms with Crippen LogP contribution in [0.1, 0.15) is 18.4 Å². The van der Waals surface area contributed by atoms with Crippen LogP contribution in [0, 0.1) is 0 Å². The molecule has 0 unspecified atom stereocenters. The van der Waals surface area contributed by atoms with E-state index in [2.05, 4.69) is 84.0 Å². The van der Waals surface area contributed by atoms with Gasteiger partial charge in [-0.1, -0.05) is 0 Å². The largest absolute Gasteiger partial charge is 0.741 e. The summed E-state index contributed by atoms with van der Waals surface area (Å²) in [5.41, 5.74) is -1.72. The van der Waals surface area contributed by atoms with Crippen LogP contribution in [0.3, 0.4) is 0 Å². The molecule has 0 bridgehead atoms. The van der Waals surface area contributed by atoms with Gasteiger partial charge in [0.25, 0.3) is 0 Å². The number of nitrogens with zero attached hydrogens (tertiary/aromatic N) is 2. The molecule has 3 aromatic rings. The molecule has 0 radical (unpaired) electrons. The molecule has 39 heavy (non-hydrogen) atoms. The first-order chi connectivity index (χ1) is 18.4. The quantitative estimate of drug-likeness (QED) is 0.135. The van der Waals surface area contributed by atoms with Gasteiger partial charge in [-0.05, 0) is 0 Å². The number of ketones is 1. The number of ether oxygens (including phenoxy) is 1. The Morgan fingerprint density at radius 3 is 2.33 bits per heavy atom. The zero-order chi connectivity index (χ0) is 28.5. The molecule has 0 atom stereocenters. The van der Waals surface area contributed by atoms with Crippen LogP contribution in [0.2, 0.25) is 0 Å². The molecule has 2 aromatic carbocycles. The average molecular weight is 690 g/mol. The van der Waals surface area contributed by atoms with Crippen LogP contribution in [0.15, 0.2) is 76.1 Å². The number of anilines is 1. The van der Waals surface area contributed by atoms with Crippen LogP contribution in [-0.2, 0) is 26.2 Å². The van der Waals surface area contributed by atoms with E-state index in [9.17, 15) is 18.0 Å². The average Bonchev–Trinajstić information content (AvgIpc) is 3.43. The Hall–Kier alpha value is -2.66. The number of halogens is 3. The summed E-state index contributed by atoms with van der Waals surface area (Å²) >= 11 is 0.393. The Labute approximate surface area is 235 Å². The fourth-order valence-electron chi connectivity index (χ4n) is 4.14. The molecule has 206 valence electrons. The van der Waals surface area contributed by atoms with E-state index in [4.69, 9.17) is 17.7 Å². The third-order valence-corrected chi connectivity index (χ3v) is 11.1. The Morgan fingerprint density at radius 2 is 1.72 bits per heavy atom. The second-order valence-electron chi connectivity index (χ2n) is 8.18. The van der Waals surface area contributed by atoms with E-state index in [1.807, 2.05) is 0 Å². The van der Waals surface area contributed by atoms with E-state index in [-0.39, 0.29) is 35.2 Å². The predicted molar refractivity (Wildman–Crippen MR) is 142 cm³/mol. The van der Waals surface area contributed by atoms with Crippen molar-refractivity contribution in [2.45, 2.75) is 25.9 Å². The van der Waals surface area contributed by atoms with Gasteiger partial charge in [-0.3, -0.25) is 0 Å². The van der Waals surface area contributed by atoms with Crippen molar-refractivity contribution in [2.75, 3.05) is 18.6 Å². The summed E-state index contributed by atoms with van der Waals surface area (Å²) in [6, 6.07) is 17.0. The number of allylic oxidation sites excluding steroid dienone is 3. The molecular formula is C26H23F3N2O5SSe2. The molecule has 2 heterocycles. The number of aryl methyl sites for hydroxylation is 1. The summed E-state index contributed by atoms with van der Waals surface area (Å²) in [6.07, 6.45) is 4.11. The van der Waals surface area contributed by atoms with Crippen LogP contribution < -0.4 is 13.9 Å². The van der Waals surface area contributed by atoms with Crippen molar-refractivity contribution in [3.63, 3.8) is 0 Å². The molecule has 1 aliphatic carbocycles. The third kappa shape index (κ3) is 5.79. The number of Topliss-reactive ketones (excluding diaryl/α,β-unsaturated/α-hetero) is 1. The van der Waals surface area contributed by atoms with Gasteiger partial charge in [0.05, 0.1) is 0 Å². The molecule has 0 saturated carbocycles. The first-order valence-corrected chi connectivity index (χ1v) is 16.5. The Morgan fingerprint density at radius 1 is 1.08 bits per heavy atom. The first-order valence-electron chi connectivity index (χ1n) is 11.7. The minimum absolute atomic E-state index is 0.0856. The fourth-order valence-corrected chi connectivity index (χ4v) is 9.04. The SMILES string of the molecule is CCN1/C(=C/C2=C(OC)C(=C\c3[se]c4ccccc4[n+]3CC)/C2=O)[Se]c2ccccc21.O=S(=O)([O-])C(F)(F)F. The predicted octanol–water partition coefficient (Wildman–Crippen LogP) is 2.83. The molecule has 1 aromatic heterocycles. The van der Waals surface area contributed by atoms with E-state index in [0.29, 0.717) is 11.1 Å². The van der Waals surface area contributed by atoms with Crippen LogP contribution in [-0.4, -0.2) is 67.4 Å². The molecule has 5 rings (SSSR count).